The average molecular weight is 420 g/mol. The molecule has 27 heavy (non-hydrogen) atoms. The summed E-state index contributed by atoms with van der Waals surface area (Å²) in [6, 6.07) is 22.7. The number of ether oxygens (including phenoxy) is 1. The zero-order valence-electron chi connectivity index (χ0n) is 14.8. The van der Waals surface area contributed by atoms with Crippen LogP contribution in [0.3, 0.4) is 0 Å². The predicted octanol–water partition coefficient (Wildman–Crippen LogP) is 6.10. The average Bonchev–Trinajstić information content (AvgIpc) is 2.72. The number of aliphatic imine (C=N–C) groups is 1. The second-order valence-corrected chi connectivity index (χ2v) is 6.75. The molecule has 0 radical (unpaired) electrons. The molecule has 0 heterocycles. The molecule has 3 aromatic rings. The Bertz CT molecular complexity index is 974. The number of halogens is 1. The van der Waals surface area contributed by atoms with Crippen LogP contribution in [0.25, 0.3) is 6.08 Å². The van der Waals surface area contributed by atoms with Gasteiger partial charge >= 0.3 is 0 Å². The van der Waals surface area contributed by atoms with Gasteiger partial charge in [0.15, 0.2) is 5.78 Å². The van der Waals surface area contributed by atoms with Crippen molar-refractivity contribution in [2.75, 3.05) is 7.11 Å². The second kappa shape index (κ2) is 9.10. The summed E-state index contributed by atoms with van der Waals surface area (Å²) in [6.07, 6.45) is 5.15. The van der Waals surface area contributed by atoms with Gasteiger partial charge in [-0.25, -0.2) is 0 Å². The number of allylic oxidation sites excluding steroid dienone is 1. The molecule has 0 aliphatic rings. The summed E-state index contributed by atoms with van der Waals surface area (Å²) in [7, 11) is 1.64. The lowest BCUT2D eigenvalue weighted by molar-refractivity contribution is 0.104. The lowest BCUT2D eigenvalue weighted by atomic mass is 10.1. The van der Waals surface area contributed by atoms with Crippen LogP contribution >= 0.6 is 15.9 Å². The summed E-state index contributed by atoms with van der Waals surface area (Å²) < 4.78 is 6.15. The van der Waals surface area contributed by atoms with E-state index in [0.717, 1.165) is 27.0 Å². The molecule has 0 bridgehead atoms. The zero-order valence-corrected chi connectivity index (χ0v) is 16.4. The van der Waals surface area contributed by atoms with E-state index in [9.17, 15) is 4.79 Å². The van der Waals surface area contributed by atoms with Crippen LogP contribution in [0.5, 0.6) is 5.75 Å². The molecule has 3 nitrogen and oxygen atoms in total. The summed E-state index contributed by atoms with van der Waals surface area (Å²) in [5.74, 6) is 0.747. The highest BCUT2D eigenvalue weighted by Crippen LogP contribution is 2.17. The van der Waals surface area contributed by atoms with E-state index in [1.807, 2.05) is 66.7 Å². The van der Waals surface area contributed by atoms with Crippen molar-refractivity contribution >= 4 is 39.7 Å². The van der Waals surface area contributed by atoms with Gasteiger partial charge in [-0.05, 0) is 65.7 Å². The smallest absolute Gasteiger partial charge is 0.185 e. The van der Waals surface area contributed by atoms with Crippen molar-refractivity contribution in [2.45, 2.75) is 0 Å². The molecular weight excluding hydrogens is 402 g/mol. The number of hydrogen-bond donors (Lipinski definition) is 0. The van der Waals surface area contributed by atoms with E-state index >= 15 is 0 Å². The van der Waals surface area contributed by atoms with Crippen LogP contribution < -0.4 is 4.74 Å². The highest BCUT2D eigenvalue weighted by molar-refractivity contribution is 9.10. The van der Waals surface area contributed by atoms with Crippen molar-refractivity contribution in [3.63, 3.8) is 0 Å². The Labute approximate surface area is 167 Å². The first-order valence-corrected chi connectivity index (χ1v) is 9.19. The molecule has 0 N–H and O–H groups in total. The van der Waals surface area contributed by atoms with Gasteiger partial charge in [-0.3, -0.25) is 9.79 Å². The SMILES string of the molecule is COc1ccc(C=Nc2cccc(C(=O)/C=C/c3ccc(Br)cc3)c2)cc1. The molecule has 0 aliphatic heterocycles. The van der Waals surface area contributed by atoms with E-state index in [-0.39, 0.29) is 5.78 Å². The summed E-state index contributed by atoms with van der Waals surface area (Å²) in [5, 5.41) is 0. The van der Waals surface area contributed by atoms with Crippen LogP contribution in [0.2, 0.25) is 0 Å². The topological polar surface area (TPSA) is 38.7 Å². The first-order chi connectivity index (χ1) is 13.1. The molecule has 0 spiro atoms. The maximum Gasteiger partial charge on any atom is 0.185 e. The highest BCUT2D eigenvalue weighted by atomic mass is 79.9. The molecule has 0 saturated carbocycles. The van der Waals surface area contributed by atoms with E-state index in [1.54, 1.807) is 31.5 Å². The second-order valence-electron chi connectivity index (χ2n) is 5.83. The third-order valence-corrected chi connectivity index (χ3v) is 4.43. The lowest BCUT2D eigenvalue weighted by Gasteiger charge is -2.00. The minimum absolute atomic E-state index is 0.0561. The van der Waals surface area contributed by atoms with Gasteiger partial charge in [-0.2, -0.15) is 0 Å². The van der Waals surface area contributed by atoms with Crippen LogP contribution in [0.4, 0.5) is 5.69 Å². The van der Waals surface area contributed by atoms with Crippen molar-refractivity contribution in [1.29, 1.82) is 0 Å². The fourth-order valence-corrected chi connectivity index (χ4v) is 2.68. The van der Waals surface area contributed by atoms with Gasteiger partial charge in [0.2, 0.25) is 0 Å². The van der Waals surface area contributed by atoms with Crippen LogP contribution in [-0.2, 0) is 0 Å². The molecule has 0 aromatic heterocycles. The number of benzene rings is 3. The Balaban J connectivity index is 1.71. The molecule has 0 saturated heterocycles. The fourth-order valence-electron chi connectivity index (χ4n) is 2.42. The van der Waals surface area contributed by atoms with Crippen LogP contribution in [-0.4, -0.2) is 19.1 Å². The Morgan fingerprint density at radius 1 is 0.963 bits per heavy atom. The zero-order chi connectivity index (χ0) is 19.1. The number of ketones is 1. The summed E-state index contributed by atoms with van der Waals surface area (Å²) >= 11 is 3.40. The Morgan fingerprint density at radius 2 is 1.67 bits per heavy atom. The van der Waals surface area contributed by atoms with Gasteiger partial charge in [0.1, 0.15) is 5.75 Å². The molecule has 3 aromatic carbocycles. The molecule has 0 aliphatic carbocycles. The Kier molecular flexibility index (Phi) is 6.34. The Morgan fingerprint density at radius 3 is 2.37 bits per heavy atom. The molecule has 0 fully saturated rings. The van der Waals surface area contributed by atoms with Crippen molar-refractivity contribution in [3.8, 4) is 5.75 Å². The normalized spacial score (nSPS) is 11.2. The van der Waals surface area contributed by atoms with Crippen molar-refractivity contribution in [3.05, 3.63) is 100 Å². The minimum atomic E-state index is -0.0561. The maximum absolute atomic E-state index is 12.4. The number of nitrogens with zero attached hydrogens (tertiary/aromatic N) is 1. The quantitative estimate of drug-likeness (QED) is 0.274. The van der Waals surface area contributed by atoms with Gasteiger partial charge in [0.05, 0.1) is 12.8 Å². The molecule has 134 valence electrons. The van der Waals surface area contributed by atoms with E-state index in [0.29, 0.717) is 5.56 Å². The van der Waals surface area contributed by atoms with Gasteiger partial charge in [0.25, 0.3) is 0 Å². The molecule has 0 atom stereocenters. The highest BCUT2D eigenvalue weighted by Gasteiger charge is 2.02. The number of carbonyl (C=O) groups excluding carboxylic acids is 1. The maximum atomic E-state index is 12.4. The monoisotopic (exact) mass is 419 g/mol. The summed E-state index contributed by atoms with van der Waals surface area (Å²) in [6.45, 7) is 0. The van der Waals surface area contributed by atoms with Crippen LogP contribution in [0.15, 0.2) is 88.3 Å². The van der Waals surface area contributed by atoms with Gasteiger partial charge < -0.3 is 4.74 Å². The van der Waals surface area contributed by atoms with Gasteiger partial charge in [-0.15, -0.1) is 0 Å². The number of rotatable bonds is 6. The minimum Gasteiger partial charge on any atom is -0.497 e. The van der Waals surface area contributed by atoms with E-state index in [4.69, 9.17) is 4.74 Å². The van der Waals surface area contributed by atoms with E-state index in [2.05, 4.69) is 20.9 Å². The summed E-state index contributed by atoms with van der Waals surface area (Å²) in [4.78, 5) is 16.9. The van der Waals surface area contributed by atoms with E-state index < -0.39 is 0 Å². The van der Waals surface area contributed by atoms with Crippen molar-refractivity contribution in [1.82, 2.24) is 0 Å². The molecule has 0 amide bonds. The third kappa shape index (κ3) is 5.50. The van der Waals surface area contributed by atoms with Gasteiger partial charge in [0, 0.05) is 16.3 Å². The molecule has 0 unspecified atom stereocenters. The standard InChI is InChI=1S/C23H18BrNO2/c1-27-22-12-7-18(8-13-22)16-25-21-4-2-3-19(15-21)23(26)14-9-17-5-10-20(24)11-6-17/h2-16H,1H3/b14-9+,25-16?. The summed E-state index contributed by atoms with van der Waals surface area (Å²) in [5.41, 5.74) is 3.27. The largest absolute Gasteiger partial charge is 0.497 e. The predicted molar refractivity (Wildman–Crippen MR) is 114 cm³/mol. The lowest BCUT2D eigenvalue weighted by Crippen LogP contribution is -1.93. The Hall–Kier alpha value is -2.98. The number of methoxy groups -OCH3 is 1. The first-order valence-electron chi connectivity index (χ1n) is 8.40. The molecule has 4 heteroatoms. The van der Waals surface area contributed by atoms with Crippen LogP contribution in [0.1, 0.15) is 21.5 Å². The van der Waals surface area contributed by atoms with Crippen molar-refractivity contribution in [2.24, 2.45) is 4.99 Å². The van der Waals surface area contributed by atoms with Crippen molar-refractivity contribution < 1.29 is 9.53 Å². The number of hydrogen-bond acceptors (Lipinski definition) is 3. The number of carbonyl (C=O) groups is 1. The van der Waals surface area contributed by atoms with E-state index in [1.165, 1.54) is 0 Å². The fraction of sp³-hybridized carbons (Fsp3) is 0.0435. The molecule has 3 rings (SSSR count). The van der Waals surface area contributed by atoms with Gasteiger partial charge in [-0.1, -0.05) is 46.3 Å². The first kappa shape index (κ1) is 18.8. The molecular formula is C23H18BrNO2. The van der Waals surface area contributed by atoms with Crippen LogP contribution in [0, 0.1) is 0 Å². The third-order valence-electron chi connectivity index (χ3n) is 3.91.